The molecule has 0 aliphatic carbocycles. The zero-order valence-electron chi connectivity index (χ0n) is 9.72. The summed E-state index contributed by atoms with van der Waals surface area (Å²) in [6.07, 6.45) is -4.28. The van der Waals surface area contributed by atoms with Crippen LogP contribution < -0.4 is 9.86 Å². The lowest BCUT2D eigenvalue weighted by Gasteiger charge is -2.30. The molecule has 1 aliphatic heterocycles. The first kappa shape index (κ1) is 16.6. The van der Waals surface area contributed by atoms with Crippen LogP contribution in [0.25, 0.3) is 0 Å². The first-order chi connectivity index (χ1) is 8.42. The van der Waals surface area contributed by atoms with E-state index >= 15 is 0 Å². The second-order valence-corrected chi connectivity index (χ2v) is 7.75. The molecule has 0 bridgehead atoms. The minimum absolute atomic E-state index is 0.0424. The molecule has 0 aromatic rings. The Morgan fingerprint density at radius 2 is 1.84 bits per heavy atom. The Hall–Kier alpha value is -0.430. The third-order valence-corrected chi connectivity index (χ3v) is 5.44. The smallest absolute Gasteiger partial charge is 0.228 e. The van der Waals surface area contributed by atoms with E-state index in [1.54, 1.807) is 0 Å². The molecule has 1 fully saturated rings. The first-order valence-corrected chi connectivity index (χ1v) is 8.30. The molecule has 7 nitrogen and oxygen atoms in total. The fourth-order valence-electron chi connectivity index (χ4n) is 1.66. The van der Waals surface area contributed by atoms with Crippen molar-refractivity contribution in [2.45, 2.75) is 24.3 Å². The maximum absolute atomic E-state index is 12.0. The largest absolute Gasteiger partial charge is 0.402 e. The molecule has 1 aliphatic rings. The predicted molar refractivity (Wildman–Crippen MR) is 60.7 cm³/mol. The number of nitrogens with one attached hydrogen (secondary N) is 1. The predicted octanol–water partition coefficient (Wildman–Crippen LogP) is -0.864. The molecular weight excluding hydrogens is 311 g/mol. The summed E-state index contributed by atoms with van der Waals surface area (Å²) in [4.78, 5) is 0. The van der Waals surface area contributed by atoms with Crippen molar-refractivity contribution in [1.82, 2.24) is 9.03 Å². The molecule has 0 aromatic heterocycles. The molecule has 1 unspecified atom stereocenters. The number of rotatable bonds is 4. The number of piperidine rings is 1. The van der Waals surface area contributed by atoms with E-state index in [0.717, 1.165) is 0 Å². The maximum Gasteiger partial charge on any atom is 0.402 e. The van der Waals surface area contributed by atoms with Crippen LogP contribution in [0.5, 0.6) is 0 Å². The van der Waals surface area contributed by atoms with Gasteiger partial charge in [0.15, 0.2) is 0 Å². The van der Waals surface area contributed by atoms with E-state index in [0.29, 0.717) is 4.31 Å². The van der Waals surface area contributed by atoms with E-state index in [9.17, 15) is 30.0 Å². The van der Waals surface area contributed by atoms with Crippen LogP contribution in [0.15, 0.2) is 0 Å². The second-order valence-electron chi connectivity index (χ2n) is 4.15. The van der Waals surface area contributed by atoms with Crippen LogP contribution in [0.1, 0.15) is 12.8 Å². The van der Waals surface area contributed by atoms with E-state index in [4.69, 9.17) is 5.14 Å². The molecule has 1 rings (SSSR count). The van der Waals surface area contributed by atoms with Gasteiger partial charge in [-0.15, -0.1) is 0 Å². The fourth-order valence-corrected chi connectivity index (χ4v) is 3.91. The molecule has 0 radical (unpaired) electrons. The van der Waals surface area contributed by atoms with Crippen molar-refractivity contribution in [2.75, 3.05) is 19.6 Å². The molecule has 1 atom stereocenters. The highest BCUT2D eigenvalue weighted by Gasteiger charge is 2.36. The van der Waals surface area contributed by atoms with Crippen LogP contribution in [-0.2, 0) is 20.2 Å². The summed E-state index contributed by atoms with van der Waals surface area (Å²) in [5.41, 5.74) is 0. The lowest BCUT2D eigenvalue weighted by atomic mass is 10.2. The van der Waals surface area contributed by atoms with Crippen molar-refractivity contribution in [3.8, 4) is 0 Å². The Kier molecular flexibility index (Phi) is 4.83. The van der Waals surface area contributed by atoms with Crippen molar-refractivity contribution in [3.05, 3.63) is 0 Å². The molecule has 0 aromatic carbocycles. The average molecular weight is 325 g/mol. The lowest BCUT2D eigenvalue weighted by molar-refractivity contribution is -0.121. The van der Waals surface area contributed by atoms with Crippen LogP contribution in [-0.4, -0.2) is 52.2 Å². The molecule has 1 heterocycles. The fraction of sp³-hybridized carbons (Fsp3) is 1.00. The molecule has 0 amide bonds. The Bertz CT molecular complexity index is 516. The number of nitrogens with zero attached hydrogens (tertiary/aromatic N) is 1. The van der Waals surface area contributed by atoms with E-state index in [2.05, 4.69) is 0 Å². The average Bonchev–Trinajstić information content (AvgIpc) is 2.25. The first-order valence-electron chi connectivity index (χ1n) is 5.25. The van der Waals surface area contributed by atoms with Crippen molar-refractivity contribution < 1.29 is 30.0 Å². The minimum atomic E-state index is -4.68. The number of hydrogen-bond acceptors (Lipinski definition) is 4. The minimum Gasteiger partial charge on any atom is -0.228 e. The van der Waals surface area contributed by atoms with Gasteiger partial charge in [-0.25, -0.2) is 13.6 Å². The number of primary sulfonamides is 1. The quantitative estimate of drug-likeness (QED) is 0.700. The van der Waals surface area contributed by atoms with Gasteiger partial charge in [0.1, 0.15) is 6.54 Å². The zero-order chi connectivity index (χ0) is 14.9. The number of alkyl halides is 3. The van der Waals surface area contributed by atoms with Gasteiger partial charge < -0.3 is 0 Å². The highest BCUT2D eigenvalue weighted by atomic mass is 32.2. The SMILES string of the molecule is NS(=O)(=O)C1CCCN(S(=O)(=O)NCC(F)(F)F)C1. The van der Waals surface area contributed by atoms with E-state index < -0.39 is 44.7 Å². The third-order valence-electron chi connectivity index (χ3n) is 2.60. The summed E-state index contributed by atoms with van der Waals surface area (Å²) < 4.78 is 83.3. The zero-order valence-corrected chi connectivity index (χ0v) is 11.4. The number of hydrogen-bond donors (Lipinski definition) is 2. The highest BCUT2D eigenvalue weighted by molar-refractivity contribution is 7.90. The van der Waals surface area contributed by atoms with E-state index in [-0.39, 0.29) is 19.4 Å². The molecule has 1 saturated heterocycles. The van der Waals surface area contributed by atoms with Crippen LogP contribution in [0, 0.1) is 0 Å². The number of nitrogens with two attached hydrogens (primary N) is 1. The molecule has 0 spiro atoms. The van der Waals surface area contributed by atoms with Crippen LogP contribution in [0.4, 0.5) is 13.2 Å². The monoisotopic (exact) mass is 325 g/mol. The molecule has 114 valence electrons. The summed E-state index contributed by atoms with van der Waals surface area (Å²) in [5, 5.41) is 3.82. The summed E-state index contributed by atoms with van der Waals surface area (Å²) in [5.74, 6) is 0. The number of sulfonamides is 1. The van der Waals surface area contributed by atoms with Gasteiger partial charge in [-0.2, -0.15) is 30.6 Å². The van der Waals surface area contributed by atoms with E-state index in [1.165, 1.54) is 4.72 Å². The summed E-state index contributed by atoms with van der Waals surface area (Å²) in [6, 6.07) is 0. The second kappa shape index (κ2) is 5.52. The van der Waals surface area contributed by atoms with Crippen molar-refractivity contribution in [2.24, 2.45) is 5.14 Å². The van der Waals surface area contributed by atoms with Gasteiger partial charge in [0.05, 0.1) is 5.25 Å². The molecule has 12 heteroatoms. The van der Waals surface area contributed by atoms with Crippen LogP contribution in [0.3, 0.4) is 0 Å². The van der Waals surface area contributed by atoms with Crippen molar-refractivity contribution in [3.63, 3.8) is 0 Å². The lowest BCUT2D eigenvalue weighted by Crippen LogP contribution is -2.51. The third kappa shape index (κ3) is 5.22. The van der Waals surface area contributed by atoms with Crippen LogP contribution >= 0.6 is 0 Å². The van der Waals surface area contributed by atoms with Gasteiger partial charge in [0, 0.05) is 13.1 Å². The normalized spacial score (nSPS) is 23.5. The Morgan fingerprint density at radius 1 is 1.26 bits per heavy atom. The Balaban J connectivity index is 2.74. The van der Waals surface area contributed by atoms with Gasteiger partial charge in [-0.1, -0.05) is 0 Å². The van der Waals surface area contributed by atoms with Crippen LogP contribution in [0.2, 0.25) is 0 Å². The van der Waals surface area contributed by atoms with Gasteiger partial charge in [0.25, 0.3) is 10.2 Å². The van der Waals surface area contributed by atoms with Crippen molar-refractivity contribution in [1.29, 1.82) is 0 Å². The molecule has 0 saturated carbocycles. The topological polar surface area (TPSA) is 110 Å². The Labute approximate surface area is 109 Å². The standard InChI is InChI=1S/C7H14F3N3O4S2/c8-7(9,10)5-12-19(16,17)13-3-1-2-6(4-13)18(11,14)15/h6,12H,1-5H2,(H2,11,14,15). The maximum atomic E-state index is 12.0. The van der Waals surface area contributed by atoms with Gasteiger partial charge in [-0.3, -0.25) is 0 Å². The van der Waals surface area contributed by atoms with Gasteiger partial charge >= 0.3 is 6.18 Å². The summed E-state index contributed by atoms with van der Waals surface area (Å²) >= 11 is 0. The number of halogens is 3. The van der Waals surface area contributed by atoms with Gasteiger partial charge in [-0.05, 0) is 12.8 Å². The summed E-state index contributed by atoms with van der Waals surface area (Å²) in [6.45, 7) is -2.18. The molecular formula is C7H14F3N3O4S2. The van der Waals surface area contributed by atoms with Crippen molar-refractivity contribution >= 4 is 20.2 Å². The van der Waals surface area contributed by atoms with E-state index in [1.807, 2.05) is 0 Å². The Morgan fingerprint density at radius 3 is 2.32 bits per heavy atom. The van der Waals surface area contributed by atoms with Gasteiger partial charge in [0.2, 0.25) is 10.0 Å². The molecule has 19 heavy (non-hydrogen) atoms. The highest BCUT2D eigenvalue weighted by Crippen LogP contribution is 2.18. The molecule has 3 N–H and O–H groups in total. The summed E-state index contributed by atoms with van der Waals surface area (Å²) in [7, 11) is -8.28.